The van der Waals surface area contributed by atoms with Crippen molar-refractivity contribution in [2.24, 2.45) is 23.2 Å². The summed E-state index contributed by atoms with van der Waals surface area (Å²) in [7, 11) is 0. The lowest BCUT2D eigenvalue weighted by Gasteiger charge is -2.43. The highest BCUT2D eigenvalue weighted by Crippen LogP contribution is 2.56. The van der Waals surface area contributed by atoms with Gasteiger partial charge < -0.3 is 51.8 Å². The first-order chi connectivity index (χ1) is 67.1. The molecule has 14 aromatic carbocycles. The predicted molar refractivity (Wildman–Crippen MR) is 581 cm³/mol. The molecule has 4 aliphatic heterocycles. The predicted octanol–water partition coefficient (Wildman–Crippen LogP) is 34.5. The molecule has 9 heterocycles. The van der Waals surface area contributed by atoms with E-state index in [0.29, 0.717) is 23.5 Å². The van der Waals surface area contributed by atoms with Crippen LogP contribution in [-0.2, 0) is 4.74 Å². The third kappa shape index (κ3) is 16.3. The maximum atomic E-state index is 6.80. The SMILES string of the molecule is CC1=C(C(C)C)N(c2ccccc2)C(C(C)(C)C)N1c1cc2c(cc1C)oc1ccccc12.CC1=C(C(C)C)N(c2ccccc2)C(c2c(C)cccc2C)N1c1cc2c(cc1C)oc1ccccc12.CC1=C(C(C)C)N(c2ccccc2)C(c2ccccc2)N1c1cc2c(cc1C)oc1ccccc12.CC1=C(c2ccccc2)OC(c2c(C)cccc2C)N1c1c(C)ccc2c1oc1ncccc12. The van der Waals surface area contributed by atoms with Gasteiger partial charge >= 0.3 is 0 Å². The normalized spacial score (nSPS) is 16.4. The minimum Gasteiger partial charge on any atom is -0.463 e. The van der Waals surface area contributed by atoms with E-state index in [1.54, 1.807) is 6.20 Å². The third-order valence-electron chi connectivity index (χ3n) is 28.5. The van der Waals surface area contributed by atoms with Gasteiger partial charge in [0, 0.05) is 140 Å². The van der Waals surface area contributed by atoms with Gasteiger partial charge in [0.25, 0.3) is 0 Å². The summed E-state index contributed by atoms with van der Waals surface area (Å²) in [6.45, 7) is 47.3. The number of benzene rings is 14. The highest BCUT2D eigenvalue weighted by Gasteiger charge is 2.48. The maximum Gasteiger partial charge on any atom is 0.227 e. The number of hydrogen-bond donors (Lipinski definition) is 0. The lowest BCUT2D eigenvalue weighted by Crippen LogP contribution is -2.50. The van der Waals surface area contributed by atoms with Crippen LogP contribution in [0.2, 0.25) is 0 Å². The number of anilines is 7. The van der Waals surface area contributed by atoms with Gasteiger partial charge in [0.1, 0.15) is 57.8 Å². The van der Waals surface area contributed by atoms with Crippen LogP contribution in [0.3, 0.4) is 0 Å². The fraction of sp³-hybridized carbons (Fsp3) is 0.230. The number of furan rings is 4. The summed E-state index contributed by atoms with van der Waals surface area (Å²) in [5.41, 5.74) is 39.2. The molecular formula is C126H124N8O5. The van der Waals surface area contributed by atoms with Crippen LogP contribution in [0.4, 0.5) is 39.8 Å². The number of pyridine rings is 1. The van der Waals surface area contributed by atoms with Gasteiger partial charge in [0.15, 0.2) is 5.58 Å². The lowest BCUT2D eigenvalue weighted by molar-refractivity contribution is 0.194. The molecule has 0 spiro atoms. The van der Waals surface area contributed by atoms with Crippen LogP contribution in [-0.4, -0.2) is 11.1 Å². The van der Waals surface area contributed by atoms with E-state index in [1.165, 1.54) is 135 Å². The van der Waals surface area contributed by atoms with Crippen LogP contribution in [0.15, 0.2) is 385 Å². The van der Waals surface area contributed by atoms with Crippen molar-refractivity contribution in [1.82, 2.24) is 4.98 Å². The molecule has 4 atom stereocenters. The first-order valence-corrected chi connectivity index (χ1v) is 49.1. The molecule has 0 aliphatic carbocycles. The van der Waals surface area contributed by atoms with E-state index in [4.69, 9.17) is 22.4 Å². The number of hydrogen-bond acceptors (Lipinski definition) is 13. The molecule has 0 N–H and O–H groups in total. The second kappa shape index (κ2) is 37.0. The van der Waals surface area contributed by atoms with Gasteiger partial charge in [-0.2, -0.15) is 0 Å². The Morgan fingerprint density at radius 3 is 1.10 bits per heavy atom. The Morgan fingerprint density at radius 2 is 0.655 bits per heavy atom. The summed E-state index contributed by atoms with van der Waals surface area (Å²) in [5.74, 6) is 2.01. The quantitative estimate of drug-likeness (QED) is 0.103. The van der Waals surface area contributed by atoms with Crippen molar-refractivity contribution < 1.29 is 22.4 Å². The third-order valence-corrected chi connectivity index (χ3v) is 28.5. The zero-order valence-corrected chi connectivity index (χ0v) is 83.8. The molecule has 698 valence electrons. The fourth-order valence-corrected chi connectivity index (χ4v) is 22.5. The maximum absolute atomic E-state index is 6.80. The Kier molecular flexibility index (Phi) is 24.4. The van der Waals surface area contributed by atoms with E-state index >= 15 is 0 Å². The topological polar surface area (TPSA) is 97.4 Å². The summed E-state index contributed by atoms with van der Waals surface area (Å²) in [4.78, 5) is 22.1. The van der Waals surface area contributed by atoms with Crippen molar-refractivity contribution in [2.75, 3.05) is 34.3 Å². The summed E-state index contributed by atoms with van der Waals surface area (Å²) >= 11 is 0. The molecule has 4 aliphatic rings. The molecule has 4 unspecified atom stereocenters. The number of fused-ring (bicyclic) bond motifs is 12. The molecule has 139 heavy (non-hydrogen) atoms. The summed E-state index contributed by atoms with van der Waals surface area (Å²) in [5, 5.41) is 9.06. The standard InChI is InChI=1S/C34H34N2O.C32H30N2O.C30H26N2O2.C30H34N2O/c1-21(2)33-25(6)35(29-20-28-27-17-10-11-18-30(27)37-31(28)19-24(29)5)34(32-22(3)13-12-14-23(32)4)36(33)26-15-8-7-9-16-26;1-21(2)31-23(4)33(28-20-27-26-17-11-12-18-29(26)35-30(27)19-22(28)3)32(24-13-7-5-8-14-24)34(31)25-15-9-6-10-16-25;1-18-10-8-11-19(2)25(18)30-32(21(4)27(34-30)22-12-6-5-7-13-22)26-20(3)15-16-23-24-14-9-17-31-29(24)33-28(23)26;1-19(2)28-21(4)31(29(30(5,6)7)32(28)22-13-9-8-10-14-22)25-18-24-23-15-11-12-16-26(23)33-27(24)17-20(25)3/h7-21,34H,1-6H3;5-21,32H,1-4H3;5-17,30H,1-4H3;8-19,29H,1-7H3. The number of aromatic nitrogens is 1. The Hall–Kier alpha value is -15.2. The monoisotopic (exact) mass is 1830 g/mol. The largest absolute Gasteiger partial charge is 0.463 e. The van der Waals surface area contributed by atoms with Crippen LogP contribution in [0.1, 0.15) is 175 Å². The van der Waals surface area contributed by atoms with E-state index in [2.05, 4.69) is 458 Å². The molecule has 19 aromatic rings. The van der Waals surface area contributed by atoms with E-state index in [0.717, 1.165) is 99.7 Å². The first-order valence-electron chi connectivity index (χ1n) is 49.1. The number of nitrogens with zero attached hydrogens (tertiary/aromatic N) is 8. The molecule has 0 radical (unpaired) electrons. The molecule has 0 saturated carbocycles. The number of ether oxygens (including phenoxy) is 1. The van der Waals surface area contributed by atoms with E-state index in [9.17, 15) is 0 Å². The van der Waals surface area contributed by atoms with Crippen molar-refractivity contribution in [3.8, 4) is 0 Å². The van der Waals surface area contributed by atoms with Crippen molar-refractivity contribution in [2.45, 2.75) is 170 Å². The molecule has 0 fully saturated rings. The zero-order chi connectivity index (χ0) is 96.8. The summed E-state index contributed by atoms with van der Waals surface area (Å²) in [6, 6.07) is 114. The zero-order valence-electron chi connectivity index (χ0n) is 83.8. The number of allylic oxidation sites excluding steroid dienone is 7. The molecule has 0 bridgehead atoms. The minimum atomic E-state index is -0.304. The van der Waals surface area contributed by atoms with Gasteiger partial charge in [-0.25, -0.2) is 4.98 Å². The molecular weight excluding hydrogens is 1710 g/mol. The summed E-state index contributed by atoms with van der Waals surface area (Å²) in [6.07, 6.45) is 1.66. The second-order valence-electron chi connectivity index (χ2n) is 40.0. The Bertz CT molecular complexity index is 7980. The van der Waals surface area contributed by atoms with Crippen molar-refractivity contribution in [1.29, 1.82) is 0 Å². The van der Waals surface area contributed by atoms with Crippen LogP contribution in [0.25, 0.3) is 93.6 Å². The van der Waals surface area contributed by atoms with Crippen LogP contribution in [0.5, 0.6) is 0 Å². The molecule has 13 heteroatoms. The van der Waals surface area contributed by atoms with E-state index in [1.807, 2.05) is 48.5 Å². The molecule has 0 saturated heterocycles. The smallest absolute Gasteiger partial charge is 0.227 e. The molecule has 23 rings (SSSR count). The van der Waals surface area contributed by atoms with Gasteiger partial charge in [-0.1, -0.05) is 281 Å². The van der Waals surface area contributed by atoms with Gasteiger partial charge in [0.2, 0.25) is 11.9 Å². The lowest BCUT2D eigenvalue weighted by atomic mass is 9.89. The minimum absolute atomic E-state index is 0.00754. The van der Waals surface area contributed by atoms with Gasteiger partial charge in [-0.15, -0.1) is 0 Å². The van der Waals surface area contributed by atoms with Crippen LogP contribution >= 0.6 is 0 Å². The Balaban J connectivity index is 0.000000114. The van der Waals surface area contributed by atoms with Crippen molar-refractivity contribution in [3.63, 3.8) is 0 Å². The van der Waals surface area contributed by atoms with Gasteiger partial charge in [-0.05, 0) is 254 Å². The number of rotatable bonds is 14. The Morgan fingerprint density at radius 1 is 0.281 bits per heavy atom. The average molecular weight is 1830 g/mol. The Labute approximate surface area is 817 Å². The molecule has 13 nitrogen and oxygen atoms in total. The highest BCUT2D eigenvalue weighted by molar-refractivity contribution is 6.11. The average Bonchev–Trinajstić information content (AvgIpc) is 1.57. The van der Waals surface area contributed by atoms with E-state index in [-0.39, 0.29) is 30.1 Å². The fourth-order valence-electron chi connectivity index (χ4n) is 22.5. The second-order valence-corrected chi connectivity index (χ2v) is 40.0. The van der Waals surface area contributed by atoms with Crippen molar-refractivity contribution >= 4 is 133 Å². The number of aryl methyl sites for hydroxylation is 8. The van der Waals surface area contributed by atoms with Gasteiger partial charge in [0.05, 0.1) is 11.4 Å². The number of para-hydroxylation sites is 6. The van der Waals surface area contributed by atoms with Crippen LogP contribution < -0.4 is 34.3 Å². The first kappa shape index (κ1) is 91.5. The van der Waals surface area contributed by atoms with Gasteiger partial charge in [-0.3, -0.25) is 4.90 Å². The van der Waals surface area contributed by atoms with E-state index < -0.39 is 0 Å². The summed E-state index contributed by atoms with van der Waals surface area (Å²) < 4.78 is 31.8. The highest BCUT2D eigenvalue weighted by atomic mass is 16.5. The van der Waals surface area contributed by atoms with Crippen LogP contribution in [0, 0.1) is 78.6 Å². The van der Waals surface area contributed by atoms with Crippen molar-refractivity contribution in [3.05, 3.63) is 434 Å². The molecule has 5 aromatic heterocycles. The molecule has 0 amide bonds.